The highest BCUT2D eigenvalue weighted by molar-refractivity contribution is 5.96. The summed E-state index contributed by atoms with van der Waals surface area (Å²) in [4.78, 5) is 58.6. The lowest BCUT2D eigenvalue weighted by Gasteiger charge is -2.04. The molecule has 10 heteroatoms. The Labute approximate surface area is 104 Å². The van der Waals surface area contributed by atoms with E-state index in [-0.39, 0.29) is 5.56 Å². The van der Waals surface area contributed by atoms with Crippen LogP contribution in [0.25, 0.3) is 0 Å². The van der Waals surface area contributed by atoms with Gasteiger partial charge in [0.15, 0.2) is 0 Å². The second kappa shape index (κ2) is 6.14. The van der Waals surface area contributed by atoms with Crippen LogP contribution in [0, 0.1) is 0 Å². The number of aromatic nitrogens is 2. The summed E-state index contributed by atoms with van der Waals surface area (Å²) in [5.74, 6) is -2.82. The molecule has 0 fully saturated rings. The normalized spacial score (nSPS) is 9.68. The summed E-state index contributed by atoms with van der Waals surface area (Å²) in [6, 6.07) is 0. The highest BCUT2D eigenvalue weighted by Gasteiger charge is 2.12. The fourth-order valence-electron chi connectivity index (χ4n) is 1.07. The molecule has 0 aliphatic heterocycles. The predicted molar refractivity (Wildman–Crippen MR) is 60.7 cm³/mol. The molecule has 0 unspecified atom stereocenters. The predicted octanol–water partition coefficient (Wildman–Crippen LogP) is -3.01. The van der Waals surface area contributed by atoms with Crippen LogP contribution in [-0.2, 0) is 9.59 Å². The molecule has 10 nitrogen and oxygen atoms in total. The van der Waals surface area contributed by atoms with E-state index in [1.54, 1.807) is 0 Å². The number of amides is 2. The Morgan fingerprint density at radius 2 is 1.84 bits per heavy atom. The van der Waals surface area contributed by atoms with E-state index in [1.807, 2.05) is 10.3 Å². The van der Waals surface area contributed by atoms with E-state index in [9.17, 15) is 24.0 Å². The molecule has 1 aromatic heterocycles. The van der Waals surface area contributed by atoms with Crippen molar-refractivity contribution in [3.05, 3.63) is 32.6 Å². The fourth-order valence-corrected chi connectivity index (χ4v) is 1.07. The van der Waals surface area contributed by atoms with Crippen molar-refractivity contribution < 1.29 is 19.5 Å². The number of nitrogens with one attached hydrogen (secondary N) is 4. The van der Waals surface area contributed by atoms with Gasteiger partial charge in [-0.25, -0.2) is 4.79 Å². The number of carboxylic acids is 1. The Balaban J connectivity index is 2.56. The number of aliphatic carboxylic acids is 1. The standard InChI is InChI=1S/C9H10N4O6/c14-5(10-3-6(15)16)2-11-7(17)4-1-12-9(19)13-8(4)18/h1H,2-3H2,(H,10,14)(H,11,17)(H,15,16)(H2,12,13,18,19). The van der Waals surface area contributed by atoms with Crippen LogP contribution < -0.4 is 21.9 Å². The zero-order valence-corrected chi connectivity index (χ0v) is 9.48. The van der Waals surface area contributed by atoms with E-state index in [0.29, 0.717) is 0 Å². The summed E-state index contributed by atoms with van der Waals surface area (Å²) < 4.78 is 0. The first kappa shape index (κ1) is 14.2. The number of hydrogen-bond donors (Lipinski definition) is 5. The topological polar surface area (TPSA) is 161 Å². The summed E-state index contributed by atoms with van der Waals surface area (Å²) >= 11 is 0. The largest absolute Gasteiger partial charge is 0.480 e. The van der Waals surface area contributed by atoms with Crippen molar-refractivity contribution >= 4 is 17.8 Å². The van der Waals surface area contributed by atoms with E-state index in [1.165, 1.54) is 0 Å². The summed E-state index contributed by atoms with van der Waals surface area (Å²) in [7, 11) is 0. The summed E-state index contributed by atoms with van der Waals surface area (Å²) in [6.45, 7) is -1.07. The molecule has 102 valence electrons. The summed E-state index contributed by atoms with van der Waals surface area (Å²) in [5.41, 5.74) is -2.03. The first-order valence-corrected chi connectivity index (χ1v) is 4.99. The zero-order chi connectivity index (χ0) is 14.4. The lowest BCUT2D eigenvalue weighted by Crippen LogP contribution is -2.41. The van der Waals surface area contributed by atoms with Crippen molar-refractivity contribution in [2.24, 2.45) is 0 Å². The van der Waals surface area contributed by atoms with E-state index in [0.717, 1.165) is 6.20 Å². The Hall–Kier alpha value is -2.91. The van der Waals surface area contributed by atoms with Crippen LogP contribution in [0.15, 0.2) is 15.8 Å². The lowest BCUT2D eigenvalue weighted by molar-refractivity contribution is -0.137. The van der Waals surface area contributed by atoms with Crippen molar-refractivity contribution in [2.75, 3.05) is 13.1 Å². The third kappa shape index (κ3) is 4.46. The maximum atomic E-state index is 11.5. The van der Waals surface area contributed by atoms with Gasteiger partial charge in [0.05, 0.1) is 6.54 Å². The van der Waals surface area contributed by atoms with Gasteiger partial charge in [-0.3, -0.25) is 24.2 Å². The highest BCUT2D eigenvalue weighted by atomic mass is 16.4. The van der Waals surface area contributed by atoms with Gasteiger partial charge in [-0.1, -0.05) is 0 Å². The van der Waals surface area contributed by atoms with Gasteiger partial charge < -0.3 is 20.7 Å². The molecule has 0 atom stereocenters. The van der Waals surface area contributed by atoms with E-state index < -0.39 is 42.1 Å². The molecule has 0 aliphatic rings. The number of carbonyl (C=O) groups excluding carboxylic acids is 2. The average Bonchev–Trinajstić information content (AvgIpc) is 2.33. The second-order valence-electron chi connectivity index (χ2n) is 3.34. The molecule has 2 amide bonds. The number of rotatable bonds is 5. The number of H-pyrrole nitrogens is 2. The maximum absolute atomic E-state index is 11.5. The Kier molecular flexibility index (Phi) is 4.57. The van der Waals surface area contributed by atoms with Gasteiger partial charge in [-0.15, -0.1) is 0 Å². The number of hydrogen-bond acceptors (Lipinski definition) is 5. The van der Waals surface area contributed by atoms with E-state index in [4.69, 9.17) is 5.11 Å². The molecule has 5 N–H and O–H groups in total. The third-order valence-electron chi connectivity index (χ3n) is 1.91. The van der Waals surface area contributed by atoms with Gasteiger partial charge in [0, 0.05) is 6.20 Å². The first-order chi connectivity index (χ1) is 8.90. The molecular weight excluding hydrogens is 260 g/mol. The summed E-state index contributed by atoms with van der Waals surface area (Å²) in [6.07, 6.45) is 0.908. The van der Waals surface area contributed by atoms with Crippen LogP contribution in [0.3, 0.4) is 0 Å². The zero-order valence-electron chi connectivity index (χ0n) is 9.48. The Bertz CT molecular complexity index is 616. The minimum Gasteiger partial charge on any atom is -0.480 e. The van der Waals surface area contributed by atoms with Crippen LogP contribution >= 0.6 is 0 Å². The Morgan fingerprint density at radius 3 is 2.42 bits per heavy atom. The lowest BCUT2D eigenvalue weighted by atomic mass is 10.3. The van der Waals surface area contributed by atoms with E-state index >= 15 is 0 Å². The minimum absolute atomic E-state index is 0.370. The smallest absolute Gasteiger partial charge is 0.325 e. The van der Waals surface area contributed by atoms with Crippen LogP contribution in [0.1, 0.15) is 10.4 Å². The van der Waals surface area contributed by atoms with Crippen LogP contribution in [0.2, 0.25) is 0 Å². The summed E-state index contributed by atoms with van der Waals surface area (Å²) in [5, 5.41) is 12.4. The van der Waals surface area contributed by atoms with Gasteiger partial charge >= 0.3 is 11.7 Å². The molecule has 0 saturated heterocycles. The maximum Gasteiger partial charge on any atom is 0.325 e. The van der Waals surface area contributed by atoms with Gasteiger partial charge in [0.2, 0.25) is 5.91 Å². The first-order valence-electron chi connectivity index (χ1n) is 4.99. The van der Waals surface area contributed by atoms with Crippen molar-refractivity contribution in [1.82, 2.24) is 20.6 Å². The SMILES string of the molecule is O=C(O)CNC(=O)CNC(=O)c1c[nH]c(=O)[nH]c1=O. The van der Waals surface area contributed by atoms with Crippen molar-refractivity contribution in [2.45, 2.75) is 0 Å². The monoisotopic (exact) mass is 270 g/mol. The van der Waals surface area contributed by atoms with Crippen molar-refractivity contribution in [3.8, 4) is 0 Å². The van der Waals surface area contributed by atoms with Gasteiger partial charge in [-0.05, 0) is 0 Å². The molecule has 19 heavy (non-hydrogen) atoms. The molecule has 0 radical (unpaired) electrons. The number of carboxylic acid groups (broad SMARTS) is 1. The third-order valence-corrected chi connectivity index (χ3v) is 1.91. The molecule has 1 rings (SSSR count). The van der Waals surface area contributed by atoms with E-state index in [2.05, 4.69) is 10.3 Å². The van der Waals surface area contributed by atoms with Crippen LogP contribution in [0.4, 0.5) is 0 Å². The molecule has 0 aliphatic carbocycles. The molecule has 0 bridgehead atoms. The minimum atomic E-state index is -1.23. The highest BCUT2D eigenvalue weighted by Crippen LogP contribution is 1.83. The van der Waals surface area contributed by atoms with Gasteiger partial charge in [-0.2, -0.15) is 0 Å². The van der Waals surface area contributed by atoms with Crippen LogP contribution in [0.5, 0.6) is 0 Å². The van der Waals surface area contributed by atoms with Crippen LogP contribution in [-0.4, -0.2) is 45.9 Å². The molecule has 1 heterocycles. The van der Waals surface area contributed by atoms with Crippen molar-refractivity contribution in [1.29, 1.82) is 0 Å². The average molecular weight is 270 g/mol. The van der Waals surface area contributed by atoms with Gasteiger partial charge in [0.1, 0.15) is 12.1 Å². The molecule has 0 saturated carbocycles. The molecular formula is C9H10N4O6. The Morgan fingerprint density at radius 1 is 1.16 bits per heavy atom. The molecule has 1 aromatic rings. The van der Waals surface area contributed by atoms with Crippen molar-refractivity contribution in [3.63, 3.8) is 0 Å². The van der Waals surface area contributed by atoms with Gasteiger partial charge in [0.25, 0.3) is 11.5 Å². The second-order valence-corrected chi connectivity index (χ2v) is 3.34. The quantitative estimate of drug-likeness (QED) is 0.383. The fraction of sp³-hybridized carbons (Fsp3) is 0.222. The molecule has 0 aromatic carbocycles. The number of carbonyl (C=O) groups is 3. The number of aromatic amines is 2. The molecule has 0 spiro atoms.